The molecule has 0 fully saturated rings. The molecule has 0 spiro atoms. The second-order valence-electron chi connectivity index (χ2n) is 6.12. The van der Waals surface area contributed by atoms with Crippen LogP contribution in [-0.4, -0.2) is 31.7 Å². The van der Waals surface area contributed by atoms with Gasteiger partial charge in [0.05, 0.1) is 14.0 Å². The quantitative estimate of drug-likeness (QED) is 0.370. The van der Waals surface area contributed by atoms with Gasteiger partial charge in [-0.25, -0.2) is 0 Å². The molecule has 0 aromatic rings. The van der Waals surface area contributed by atoms with Gasteiger partial charge in [0.2, 0.25) is 5.91 Å². The molecule has 1 amide bonds. The van der Waals surface area contributed by atoms with Crippen LogP contribution in [0.2, 0.25) is 19.1 Å². The zero-order chi connectivity index (χ0) is 14.9. The largest absolute Gasteiger partial charge is 0.359 e. The van der Waals surface area contributed by atoms with Crippen LogP contribution in [0.3, 0.4) is 0 Å². The summed E-state index contributed by atoms with van der Waals surface area (Å²) in [7, 11) is -1.34. The van der Waals surface area contributed by atoms with E-state index in [1.54, 1.807) is 0 Å². The molecule has 0 saturated carbocycles. The normalized spacial score (nSPS) is 13.1. The van der Waals surface area contributed by atoms with Crippen molar-refractivity contribution in [1.82, 2.24) is 5.32 Å². The van der Waals surface area contributed by atoms with Crippen molar-refractivity contribution < 1.29 is 9.59 Å². The van der Waals surface area contributed by atoms with E-state index in [1.165, 1.54) is 32.2 Å². The van der Waals surface area contributed by atoms with Gasteiger partial charge < -0.3 is 10.1 Å². The number of nitrogens with one attached hydrogen (secondary N) is 1. The van der Waals surface area contributed by atoms with Crippen molar-refractivity contribution in [2.75, 3.05) is 11.9 Å². The summed E-state index contributed by atoms with van der Waals surface area (Å²) < 4.78 is 0. The standard InChI is InChI=1S/C14H29NO2SSi/c1-5-6-7-8-19(3,4)11-15-14(17)13(10-18)9-12(2)16/h13,18H,5-11H2,1-4H3,(H,15,17)/t13-/m0/s1. The van der Waals surface area contributed by atoms with Crippen LogP contribution in [0.15, 0.2) is 0 Å². The van der Waals surface area contributed by atoms with Gasteiger partial charge in [-0.1, -0.05) is 45.3 Å². The van der Waals surface area contributed by atoms with Crippen LogP contribution in [0, 0.1) is 5.92 Å². The molecule has 0 rings (SSSR count). The molecule has 112 valence electrons. The Labute approximate surface area is 124 Å². The van der Waals surface area contributed by atoms with E-state index in [0.717, 1.165) is 6.17 Å². The number of carbonyl (C=O) groups excluding carboxylic acids is 2. The minimum Gasteiger partial charge on any atom is -0.359 e. The van der Waals surface area contributed by atoms with Crippen LogP contribution in [-0.2, 0) is 9.59 Å². The third-order valence-electron chi connectivity index (χ3n) is 3.32. The Morgan fingerprint density at radius 1 is 1.26 bits per heavy atom. The van der Waals surface area contributed by atoms with Gasteiger partial charge in [-0.05, 0) is 6.92 Å². The summed E-state index contributed by atoms with van der Waals surface area (Å²) in [5, 5.41) is 3.03. The van der Waals surface area contributed by atoms with Crippen molar-refractivity contribution in [2.45, 2.75) is 58.7 Å². The summed E-state index contributed by atoms with van der Waals surface area (Å²) in [4.78, 5) is 23.1. The van der Waals surface area contributed by atoms with Crippen LogP contribution >= 0.6 is 12.6 Å². The Morgan fingerprint density at radius 2 is 1.89 bits per heavy atom. The Kier molecular flexibility index (Phi) is 9.44. The van der Waals surface area contributed by atoms with Gasteiger partial charge in [0.15, 0.2) is 0 Å². The summed E-state index contributed by atoms with van der Waals surface area (Å²) >= 11 is 4.16. The molecule has 1 atom stereocenters. The van der Waals surface area contributed by atoms with Crippen molar-refractivity contribution in [3.8, 4) is 0 Å². The molecule has 19 heavy (non-hydrogen) atoms. The number of hydrogen-bond donors (Lipinski definition) is 2. The third-order valence-corrected chi connectivity index (χ3v) is 6.61. The van der Waals surface area contributed by atoms with Gasteiger partial charge in [0.1, 0.15) is 5.78 Å². The SMILES string of the molecule is CCCCC[Si](C)(C)CNC(=O)[C@H](CS)CC(C)=O. The molecule has 0 unspecified atom stereocenters. The zero-order valence-electron chi connectivity index (χ0n) is 12.8. The van der Waals surface area contributed by atoms with Crippen LogP contribution in [0.1, 0.15) is 39.5 Å². The maximum absolute atomic E-state index is 12.0. The molecular weight excluding hydrogens is 274 g/mol. The van der Waals surface area contributed by atoms with E-state index < -0.39 is 8.07 Å². The van der Waals surface area contributed by atoms with Gasteiger partial charge in [-0.2, -0.15) is 12.6 Å². The molecule has 0 aromatic heterocycles. The summed E-state index contributed by atoms with van der Waals surface area (Å²) in [5.74, 6) is 0.194. The molecule has 0 heterocycles. The third kappa shape index (κ3) is 9.27. The predicted molar refractivity (Wildman–Crippen MR) is 87.5 cm³/mol. The molecule has 3 nitrogen and oxygen atoms in total. The highest BCUT2D eigenvalue weighted by molar-refractivity contribution is 7.80. The second kappa shape index (κ2) is 9.59. The highest BCUT2D eigenvalue weighted by atomic mass is 32.1. The summed E-state index contributed by atoms with van der Waals surface area (Å²) in [6.45, 7) is 8.34. The summed E-state index contributed by atoms with van der Waals surface area (Å²) in [6.07, 6.45) is 4.87. The highest BCUT2D eigenvalue weighted by Crippen LogP contribution is 2.14. The van der Waals surface area contributed by atoms with Crippen molar-refractivity contribution in [1.29, 1.82) is 0 Å². The molecular formula is C14H29NO2SSi. The lowest BCUT2D eigenvalue weighted by Crippen LogP contribution is -2.44. The van der Waals surface area contributed by atoms with Crippen LogP contribution in [0.5, 0.6) is 0 Å². The average molecular weight is 304 g/mol. The van der Waals surface area contributed by atoms with Crippen LogP contribution < -0.4 is 5.32 Å². The maximum Gasteiger partial charge on any atom is 0.224 e. The molecule has 0 bridgehead atoms. The smallest absolute Gasteiger partial charge is 0.224 e. The first-order valence-electron chi connectivity index (χ1n) is 7.20. The van der Waals surface area contributed by atoms with Crippen molar-refractivity contribution in [3.63, 3.8) is 0 Å². The van der Waals surface area contributed by atoms with Crippen LogP contribution in [0.25, 0.3) is 0 Å². The van der Waals surface area contributed by atoms with Crippen molar-refractivity contribution in [3.05, 3.63) is 0 Å². The molecule has 1 N–H and O–H groups in total. The molecule has 5 heteroatoms. The number of unbranched alkanes of at least 4 members (excludes halogenated alkanes) is 2. The van der Waals surface area contributed by atoms with Crippen LogP contribution in [0.4, 0.5) is 0 Å². The Hall–Kier alpha value is -0.293. The average Bonchev–Trinajstić information content (AvgIpc) is 2.33. The fourth-order valence-electron chi connectivity index (χ4n) is 2.00. The second-order valence-corrected chi connectivity index (χ2v) is 11.7. The van der Waals surface area contributed by atoms with Gasteiger partial charge in [0.25, 0.3) is 0 Å². The van der Waals surface area contributed by atoms with E-state index in [9.17, 15) is 9.59 Å². The number of ketones is 1. The van der Waals surface area contributed by atoms with Gasteiger partial charge in [-0.15, -0.1) is 0 Å². The van der Waals surface area contributed by atoms with Gasteiger partial charge >= 0.3 is 0 Å². The Bertz CT molecular complexity index is 295. The number of Topliss-reactive ketones (excluding diaryl/α,β-unsaturated/α-hetero) is 1. The molecule has 0 aromatic carbocycles. The monoisotopic (exact) mass is 303 g/mol. The summed E-state index contributed by atoms with van der Waals surface area (Å²) in [6, 6.07) is 1.25. The summed E-state index contributed by atoms with van der Waals surface area (Å²) in [5.41, 5.74) is 0. The fourth-order valence-corrected chi connectivity index (χ4v) is 4.33. The Morgan fingerprint density at radius 3 is 2.37 bits per heavy atom. The highest BCUT2D eigenvalue weighted by Gasteiger charge is 2.24. The minimum absolute atomic E-state index is 0.0127. The molecule has 0 saturated heterocycles. The van der Waals surface area contributed by atoms with Crippen molar-refractivity contribution >= 4 is 32.4 Å². The number of amides is 1. The van der Waals surface area contributed by atoms with Gasteiger partial charge in [0, 0.05) is 18.3 Å². The molecule has 0 aliphatic carbocycles. The lowest BCUT2D eigenvalue weighted by atomic mass is 10.0. The zero-order valence-corrected chi connectivity index (χ0v) is 14.7. The van der Waals surface area contributed by atoms with E-state index in [1.807, 2.05) is 0 Å². The Balaban J connectivity index is 4.14. The minimum atomic E-state index is -1.34. The van der Waals surface area contributed by atoms with E-state index in [4.69, 9.17) is 0 Å². The van der Waals surface area contributed by atoms with Crippen molar-refractivity contribution in [2.24, 2.45) is 5.92 Å². The first-order chi connectivity index (χ1) is 8.82. The lowest BCUT2D eigenvalue weighted by molar-refractivity contribution is -0.127. The molecule has 0 aliphatic heterocycles. The van der Waals surface area contributed by atoms with Gasteiger partial charge in [-0.3, -0.25) is 4.79 Å². The first kappa shape index (κ1) is 18.7. The molecule has 0 aliphatic rings. The van der Waals surface area contributed by atoms with E-state index in [0.29, 0.717) is 12.2 Å². The number of rotatable bonds is 10. The van der Waals surface area contributed by atoms with E-state index >= 15 is 0 Å². The maximum atomic E-state index is 12.0. The molecule has 0 radical (unpaired) electrons. The first-order valence-corrected chi connectivity index (χ1v) is 11.2. The predicted octanol–water partition coefficient (Wildman–Crippen LogP) is 3.07. The van der Waals surface area contributed by atoms with E-state index in [-0.39, 0.29) is 17.6 Å². The number of thiol groups is 1. The lowest BCUT2D eigenvalue weighted by Gasteiger charge is -2.24. The number of carbonyl (C=O) groups is 2. The topological polar surface area (TPSA) is 46.2 Å². The number of hydrogen-bond acceptors (Lipinski definition) is 3. The van der Waals surface area contributed by atoms with E-state index in [2.05, 4.69) is 38.0 Å². The fraction of sp³-hybridized carbons (Fsp3) is 0.857.